The molecular weight excluding hydrogens is 260 g/mol. The van der Waals surface area contributed by atoms with Crippen LogP contribution in [-0.4, -0.2) is 24.6 Å². The maximum absolute atomic E-state index is 11.6. The summed E-state index contributed by atoms with van der Waals surface area (Å²) in [6.45, 7) is 2.75. The zero-order valence-electron chi connectivity index (χ0n) is 10.8. The average molecular weight is 274 g/mol. The van der Waals surface area contributed by atoms with Crippen molar-refractivity contribution in [1.29, 1.82) is 0 Å². The fourth-order valence-corrected chi connectivity index (χ4v) is 3.34. The van der Waals surface area contributed by atoms with E-state index in [0.29, 0.717) is 4.88 Å². The number of carbonyl (C=O) groups is 1. The van der Waals surface area contributed by atoms with E-state index in [1.165, 1.54) is 29.7 Å². The molecule has 0 saturated heterocycles. The second-order valence-electron chi connectivity index (χ2n) is 4.43. The molecule has 0 N–H and O–H groups in total. The zero-order chi connectivity index (χ0) is 13.4. The van der Waals surface area contributed by atoms with Crippen LogP contribution < -0.4 is 4.90 Å². The Morgan fingerprint density at radius 3 is 3.00 bits per heavy atom. The van der Waals surface area contributed by atoms with Crippen LogP contribution in [0.5, 0.6) is 0 Å². The molecule has 1 aliphatic heterocycles. The van der Waals surface area contributed by atoms with E-state index >= 15 is 0 Å². The van der Waals surface area contributed by atoms with Crippen LogP contribution in [0.3, 0.4) is 0 Å². The number of thiazole rings is 1. The summed E-state index contributed by atoms with van der Waals surface area (Å²) in [6, 6.07) is 8.31. The molecule has 0 saturated carbocycles. The fraction of sp³-hybridized carbons (Fsp3) is 0.286. The topological polar surface area (TPSA) is 42.4 Å². The molecule has 2 heterocycles. The SMILES string of the molecule is COC(=O)c1sc(N2CCc3ccccc32)nc1C. The van der Waals surface area contributed by atoms with Gasteiger partial charge in [0.15, 0.2) is 5.13 Å². The van der Waals surface area contributed by atoms with Gasteiger partial charge in [-0.25, -0.2) is 9.78 Å². The third-order valence-electron chi connectivity index (χ3n) is 3.27. The highest BCUT2D eigenvalue weighted by atomic mass is 32.1. The minimum absolute atomic E-state index is 0.311. The van der Waals surface area contributed by atoms with Crippen molar-refractivity contribution in [2.45, 2.75) is 13.3 Å². The van der Waals surface area contributed by atoms with Crippen molar-refractivity contribution < 1.29 is 9.53 Å². The van der Waals surface area contributed by atoms with Crippen molar-refractivity contribution >= 4 is 28.1 Å². The molecule has 0 radical (unpaired) electrons. The molecule has 98 valence electrons. The molecular formula is C14H14N2O2S. The van der Waals surface area contributed by atoms with E-state index in [0.717, 1.165) is 23.8 Å². The smallest absolute Gasteiger partial charge is 0.350 e. The van der Waals surface area contributed by atoms with E-state index < -0.39 is 0 Å². The number of hydrogen-bond donors (Lipinski definition) is 0. The molecule has 0 bridgehead atoms. The Kier molecular flexibility index (Phi) is 2.98. The van der Waals surface area contributed by atoms with Gasteiger partial charge in [0, 0.05) is 12.2 Å². The first-order valence-electron chi connectivity index (χ1n) is 6.12. The number of methoxy groups -OCH3 is 1. The number of aromatic nitrogens is 1. The van der Waals surface area contributed by atoms with Crippen LogP contribution in [0.4, 0.5) is 10.8 Å². The molecule has 0 amide bonds. The lowest BCUT2D eigenvalue weighted by molar-refractivity contribution is 0.0605. The van der Waals surface area contributed by atoms with Gasteiger partial charge in [0.2, 0.25) is 0 Å². The van der Waals surface area contributed by atoms with Crippen LogP contribution in [-0.2, 0) is 11.2 Å². The summed E-state index contributed by atoms with van der Waals surface area (Å²) in [5.41, 5.74) is 3.25. The lowest BCUT2D eigenvalue weighted by Crippen LogP contribution is -2.12. The second kappa shape index (κ2) is 4.66. The number of ether oxygens (including phenoxy) is 1. The molecule has 19 heavy (non-hydrogen) atoms. The summed E-state index contributed by atoms with van der Waals surface area (Å²) in [5, 5.41) is 0.864. The highest BCUT2D eigenvalue weighted by Gasteiger charge is 2.25. The van der Waals surface area contributed by atoms with E-state index in [1.807, 2.05) is 13.0 Å². The highest BCUT2D eigenvalue weighted by Crippen LogP contribution is 2.37. The lowest BCUT2D eigenvalue weighted by atomic mass is 10.2. The second-order valence-corrected chi connectivity index (χ2v) is 5.41. The number of hydrogen-bond acceptors (Lipinski definition) is 5. The maximum Gasteiger partial charge on any atom is 0.350 e. The van der Waals surface area contributed by atoms with Gasteiger partial charge in [0.25, 0.3) is 0 Å². The van der Waals surface area contributed by atoms with Crippen molar-refractivity contribution in [3.63, 3.8) is 0 Å². The number of anilines is 2. The first-order valence-corrected chi connectivity index (χ1v) is 6.93. The number of fused-ring (bicyclic) bond motifs is 1. The van der Waals surface area contributed by atoms with Crippen molar-refractivity contribution in [2.75, 3.05) is 18.6 Å². The predicted octanol–water partition coefficient (Wildman–Crippen LogP) is 2.93. The van der Waals surface area contributed by atoms with Crippen LogP contribution >= 0.6 is 11.3 Å². The van der Waals surface area contributed by atoms with Crippen LogP contribution in [0.1, 0.15) is 20.9 Å². The van der Waals surface area contributed by atoms with E-state index in [-0.39, 0.29) is 5.97 Å². The lowest BCUT2D eigenvalue weighted by Gasteiger charge is -2.15. The number of para-hydroxylation sites is 1. The Hall–Kier alpha value is -1.88. The number of rotatable bonds is 2. The molecule has 0 fully saturated rings. The summed E-state index contributed by atoms with van der Waals surface area (Å²) >= 11 is 1.39. The van der Waals surface area contributed by atoms with E-state index in [4.69, 9.17) is 4.74 Å². The van der Waals surface area contributed by atoms with Crippen molar-refractivity contribution in [2.24, 2.45) is 0 Å². The third-order valence-corrected chi connectivity index (χ3v) is 4.43. The molecule has 2 aromatic rings. The number of nitrogens with zero attached hydrogens (tertiary/aromatic N) is 2. The Bertz CT molecular complexity index is 636. The van der Waals surface area contributed by atoms with Gasteiger partial charge in [-0.1, -0.05) is 29.5 Å². The molecule has 0 spiro atoms. The maximum atomic E-state index is 11.6. The summed E-state index contributed by atoms with van der Waals surface area (Å²) in [5.74, 6) is -0.311. The Balaban J connectivity index is 1.99. The van der Waals surface area contributed by atoms with Gasteiger partial charge < -0.3 is 9.64 Å². The molecule has 1 aliphatic rings. The van der Waals surface area contributed by atoms with Gasteiger partial charge in [-0.05, 0) is 25.0 Å². The van der Waals surface area contributed by atoms with Crippen LogP contribution in [0.15, 0.2) is 24.3 Å². The van der Waals surface area contributed by atoms with Gasteiger partial charge in [0.1, 0.15) is 4.88 Å². The Morgan fingerprint density at radius 2 is 2.21 bits per heavy atom. The quantitative estimate of drug-likeness (QED) is 0.790. The van der Waals surface area contributed by atoms with Crippen LogP contribution in [0, 0.1) is 6.92 Å². The molecule has 0 atom stereocenters. The standard InChI is InChI=1S/C14H14N2O2S/c1-9-12(13(17)18-2)19-14(15-9)16-8-7-10-5-3-4-6-11(10)16/h3-6H,7-8H2,1-2H3. The number of carbonyl (C=O) groups excluding carboxylic acids is 1. The van der Waals surface area contributed by atoms with Gasteiger partial charge in [-0.2, -0.15) is 0 Å². The van der Waals surface area contributed by atoms with Gasteiger partial charge in [0.05, 0.1) is 12.8 Å². The first kappa shape index (κ1) is 12.2. The molecule has 1 aromatic carbocycles. The minimum Gasteiger partial charge on any atom is -0.465 e. The van der Waals surface area contributed by atoms with E-state index in [9.17, 15) is 4.79 Å². The molecule has 5 heteroatoms. The minimum atomic E-state index is -0.311. The van der Waals surface area contributed by atoms with Crippen molar-refractivity contribution in [3.8, 4) is 0 Å². The third kappa shape index (κ3) is 2.00. The van der Waals surface area contributed by atoms with Crippen LogP contribution in [0.2, 0.25) is 0 Å². The van der Waals surface area contributed by atoms with Crippen LogP contribution in [0.25, 0.3) is 0 Å². The summed E-state index contributed by atoms with van der Waals surface area (Å²) in [4.78, 5) is 18.9. The van der Waals surface area contributed by atoms with Crippen molar-refractivity contribution in [1.82, 2.24) is 4.98 Å². The molecule has 1 aromatic heterocycles. The normalized spacial score (nSPS) is 13.5. The number of esters is 1. The monoisotopic (exact) mass is 274 g/mol. The first-order chi connectivity index (χ1) is 9.20. The van der Waals surface area contributed by atoms with Crippen molar-refractivity contribution in [3.05, 3.63) is 40.4 Å². The van der Waals surface area contributed by atoms with Gasteiger partial charge in [-0.3, -0.25) is 0 Å². The summed E-state index contributed by atoms with van der Waals surface area (Å²) in [7, 11) is 1.40. The largest absolute Gasteiger partial charge is 0.465 e. The highest BCUT2D eigenvalue weighted by molar-refractivity contribution is 7.17. The predicted molar refractivity (Wildman–Crippen MR) is 75.3 cm³/mol. The Labute approximate surface area is 115 Å². The molecule has 4 nitrogen and oxygen atoms in total. The number of aryl methyl sites for hydroxylation is 1. The van der Waals surface area contributed by atoms with E-state index in [1.54, 1.807) is 0 Å². The Morgan fingerprint density at radius 1 is 1.42 bits per heavy atom. The summed E-state index contributed by atoms with van der Waals surface area (Å²) in [6.07, 6.45) is 1.02. The average Bonchev–Trinajstić information content (AvgIpc) is 3.01. The molecule has 0 unspecified atom stereocenters. The van der Waals surface area contributed by atoms with Gasteiger partial charge in [-0.15, -0.1) is 0 Å². The summed E-state index contributed by atoms with van der Waals surface area (Å²) < 4.78 is 4.78. The molecule has 3 rings (SSSR count). The van der Waals surface area contributed by atoms with Gasteiger partial charge >= 0.3 is 5.97 Å². The number of benzene rings is 1. The molecule has 0 aliphatic carbocycles. The van der Waals surface area contributed by atoms with E-state index in [2.05, 4.69) is 28.1 Å². The fourth-order valence-electron chi connectivity index (χ4n) is 2.32. The zero-order valence-corrected chi connectivity index (χ0v) is 11.7.